The van der Waals surface area contributed by atoms with Gasteiger partial charge in [-0.25, -0.2) is 9.59 Å². The van der Waals surface area contributed by atoms with Gasteiger partial charge in [0.05, 0.1) is 22.5 Å². The quantitative estimate of drug-likeness (QED) is 0.304. The summed E-state index contributed by atoms with van der Waals surface area (Å²) < 4.78 is 0. The number of carbonyl (C=O) groups is 2. The van der Waals surface area contributed by atoms with E-state index in [2.05, 4.69) is 79.6 Å². The first-order valence-corrected chi connectivity index (χ1v) is 13.3. The molecule has 2 aliphatic heterocycles. The molecule has 5 rings (SSSR count). The molecule has 0 bridgehead atoms. The van der Waals surface area contributed by atoms with E-state index in [0.717, 1.165) is 39.3 Å². The van der Waals surface area contributed by atoms with Crippen molar-refractivity contribution in [2.75, 3.05) is 11.4 Å². The molecule has 0 radical (unpaired) electrons. The van der Waals surface area contributed by atoms with E-state index in [0.29, 0.717) is 23.6 Å². The molecule has 1 aromatic heterocycles. The van der Waals surface area contributed by atoms with Gasteiger partial charge in [-0.15, -0.1) is 0 Å². The Kier molecular flexibility index (Phi) is 7.48. The molecule has 2 aromatic carbocycles. The lowest BCUT2D eigenvalue weighted by molar-refractivity contribution is -0.132. The van der Waals surface area contributed by atoms with Gasteiger partial charge >= 0.3 is 11.9 Å². The van der Waals surface area contributed by atoms with Crippen molar-refractivity contribution in [3.63, 3.8) is 0 Å². The van der Waals surface area contributed by atoms with Gasteiger partial charge in [-0.1, -0.05) is 36.4 Å². The highest BCUT2D eigenvalue weighted by molar-refractivity contribution is 5.94. The van der Waals surface area contributed by atoms with Crippen molar-refractivity contribution in [1.82, 2.24) is 10.3 Å². The fourth-order valence-corrected chi connectivity index (χ4v) is 5.20. The summed E-state index contributed by atoms with van der Waals surface area (Å²) in [6, 6.07) is 15.2. The van der Waals surface area contributed by atoms with Gasteiger partial charge in [0, 0.05) is 29.3 Å². The topological polar surface area (TPSA) is 117 Å². The highest BCUT2D eigenvalue weighted by Crippen LogP contribution is 2.38. The van der Waals surface area contributed by atoms with Crippen LogP contribution in [0.25, 0.3) is 11.0 Å². The summed E-state index contributed by atoms with van der Waals surface area (Å²) in [5, 5.41) is 27.1. The van der Waals surface area contributed by atoms with Gasteiger partial charge < -0.3 is 25.7 Å². The molecule has 0 spiro atoms. The van der Waals surface area contributed by atoms with Crippen LogP contribution in [0.2, 0.25) is 0 Å². The molecule has 3 N–H and O–H groups in total. The lowest BCUT2D eigenvalue weighted by Crippen LogP contribution is -2.21. The number of aromatic nitrogens is 1. The summed E-state index contributed by atoms with van der Waals surface area (Å²) in [5.74, 6) is -2.17. The SMILES string of the molecule is Cc1cc(C)cc(N(C2=CC(c3cc(C(=O)O)cc(C4=CC(C(=O)O)=CCN4)n3)[N-]C=C2)c2cc(C)cc(C)c2)c1. The number of nitrogens with one attached hydrogen (secondary N) is 1. The largest absolute Gasteiger partial charge is 0.680 e. The Hall–Kier alpha value is -5.11. The summed E-state index contributed by atoms with van der Waals surface area (Å²) in [6.45, 7) is 8.58. The number of aliphatic carboxylic acids is 1. The van der Waals surface area contributed by atoms with Crippen molar-refractivity contribution in [1.29, 1.82) is 0 Å². The molecule has 3 heterocycles. The van der Waals surface area contributed by atoms with Crippen molar-refractivity contribution < 1.29 is 19.8 Å². The predicted octanol–water partition coefficient (Wildman–Crippen LogP) is 6.63. The minimum Gasteiger partial charge on any atom is -0.680 e. The highest BCUT2D eigenvalue weighted by atomic mass is 16.4. The Morgan fingerprint density at radius 1 is 0.878 bits per heavy atom. The maximum Gasteiger partial charge on any atom is 0.335 e. The molecule has 0 fully saturated rings. The zero-order valence-electron chi connectivity index (χ0n) is 23.3. The second-order valence-corrected chi connectivity index (χ2v) is 10.4. The fourth-order valence-electron chi connectivity index (χ4n) is 5.20. The Labute approximate surface area is 239 Å². The zero-order chi connectivity index (χ0) is 29.3. The number of hydrogen-bond donors (Lipinski definition) is 3. The average Bonchev–Trinajstić information content (AvgIpc) is 2.92. The van der Waals surface area contributed by atoms with Crippen molar-refractivity contribution >= 4 is 29.0 Å². The van der Waals surface area contributed by atoms with E-state index < -0.39 is 18.0 Å². The third-order valence-electron chi connectivity index (χ3n) is 6.84. The summed E-state index contributed by atoms with van der Waals surface area (Å²) in [5.41, 5.74) is 8.81. The summed E-state index contributed by atoms with van der Waals surface area (Å²) in [6.07, 6.45) is 8.64. The highest BCUT2D eigenvalue weighted by Gasteiger charge is 2.20. The molecule has 3 aromatic rings. The molecule has 0 saturated carbocycles. The molecule has 41 heavy (non-hydrogen) atoms. The number of anilines is 2. The van der Waals surface area contributed by atoms with Crippen LogP contribution in [0.5, 0.6) is 0 Å². The number of allylic oxidation sites excluding steroid dienone is 1. The van der Waals surface area contributed by atoms with E-state index in [1.807, 2.05) is 12.2 Å². The minimum absolute atomic E-state index is 0.0410. The molecule has 8 heteroatoms. The van der Waals surface area contributed by atoms with Gasteiger partial charge in [0.1, 0.15) is 0 Å². The third kappa shape index (κ3) is 6.06. The molecular weight excluding hydrogens is 516 g/mol. The lowest BCUT2D eigenvalue weighted by atomic mass is 10.0. The summed E-state index contributed by atoms with van der Waals surface area (Å²) in [7, 11) is 0. The van der Waals surface area contributed by atoms with Crippen LogP contribution < -0.4 is 10.2 Å². The van der Waals surface area contributed by atoms with E-state index in [1.165, 1.54) is 18.2 Å². The Balaban J connectivity index is 1.62. The summed E-state index contributed by atoms with van der Waals surface area (Å²) in [4.78, 5) is 30.5. The number of carboxylic acids is 2. The van der Waals surface area contributed by atoms with Gasteiger partial charge in [-0.3, -0.25) is 4.98 Å². The van der Waals surface area contributed by atoms with Gasteiger partial charge in [0.25, 0.3) is 0 Å². The first-order chi connectivity index (χ1) is 19.6. The molecule has 0 saturated heterocycles. The van der Waals surface area contributed by atoms with Crippen LogP contribution in [0.4, 0.5) is 11.4 Å². The van der Waals surface area contributed by atoms with Crippen LogP contribution in [0.3, 0.4) is 0 Å². The van der Waals surface area contributed by atoms with Crippen molar-refractivity contribution in [3.8, 4) is 0 Å². The van der Waals surface area contributed by atoms with Crippen LogP contribution in [0.15, 0.2) is 90.3 Å². The number of aromatic carboxylic acids is 1. The second kappa shape index (κ2) is 11.2. The van der Waals surface area contributed by atoms with Crippen LogP contribution in [0, 0.1) is 27.7 Å². The van der Waals surface area contributed by atoms with Gasteiger partial charge in [-0.05, 0) is 92.4 Å². The molecule has 2 aliphatic rings. The molecule has 8 nitrogen and oxygen atoms in total. The first kappa shape index (κ1) is 27.5. The van der Waals surface area contributed by atoms with E-state index in [-0.39, 0.29) is 11.1 Å². The number of aryl methyl sites for hydroxylation is 4. The van der Waals surface area contributed by atoms with E-state index in [4.69, 9.17) is 4.98 Å². The van der Waals surface area contributed by atoms with Gasteiger partial charge in [0.15, 0.2) is 0 Å². The molecule has 208 valence electrons. The maximum atomic E-state index is 12.1. The number of carboxylic acid groups (broad SMARTS) is 2. The van der Waals surface area contributed by atoms with Crippen LogP contribution in [-0.2, 0) is 4.79 Å². The van der Waals surface area contributed by atoms with Crippen molar-refractivity contribution in [2.24, 2.45) is 0 Å². The molecule has 0 amide bonds. The standard InChI is InChI=1S/C33H31N4O4/c1-19-9-20(2)12-26(11-19)37(27-13-21(3)10-22(4)14-27)25-6-8-35-29(18-25)31-17-24(33(40)41)16-30(36-31)28-15-23(32(38)39)5-7-34-28/h5-6,8-18,29,34H,7H2,1-4H3,(H,38,39)(H,40,41)/q-1. The third-order valence-corrected chi connectivity index (χ3v) is 6.84. The Bertz CT molecular complexity index is 1590. The first-order valence-electron chi connectivity index (χ1n) is 13.3. The predicted molar refractivity (Wildman–Crippen MR) is 160 cm³/mol. The number of pyridine rings is 1. The van der Waals surface area contributed by atoms with Gasteiger partial charge in [0.2, 0.25) is 0 Å². The smallest absolute Gasteiger partial charge is 0.335 e. The minimum atomic E-state index is -1.11. The Morgan fingerprint density at radius 2 is 1.49 bits per heavy atom. The van der Waals surface area contributed by atoms with E-state index >= 15 is 0 Å². The average molecular weight is 548 g/mol. The molecule has 1 unspecified atom stereocenters. The number of nitrogens with zero attached hydrogens (tertiary/aromatic N) is 3. The zero-order valence-corrected chi connectivity index (χ0v) is 23.3. The van der Waals surface area contributed by atoms with Crippen molar-refractivity contribution in [2.45, 2.75) is 33.7 Å². The number of dihydropyridines is 1. The van der Waals surface area contributed by atoms with Crippen LogP contribution in [-0.4, -0.2) is 33.7 Å². The monoisotopic (exact) mass is 547 g/mol. The number of rotatable bonds is 7. The second-order valence-electron chi connectivity index (χ2n) is 10.4. The van der Waals surface area contributed by atoms with E-state index in [1.54, 1.807) is 12.3 Å². The molecular formula is C33H31N4O4-. The molecule has 0 aliphatic carbocycles. The Morgan fingerprint density at radius 3 is 2.05 bits per heavy atom. The molecule has 1 atom stereocenters. The lowest BCUT2D eigenvalue weighted by Gasteiger charge is -2.36. The van der Waals surface area contributed by atoms with Crippen molar-refractivity contribution in [3.05, 3.63) is 135 Å². The van der Waals surface area contributed by atoms with E-state index in [9.17, 15) is 19.8 Å². The van der Waals surface area contributed by atoms with Crippen LogP contribution in [0.1, 0.15) is 50.0 Å². The summed E-state index contributed by atoms with van der Waals surface area (Å²) >= 11 is 0. The van der Waals surface area contributed by atoms with Gasteiger partial charge in [-0.2, -0.15) is 6.20 Å². The maximum absolute atomic E-state index is 12.1. The fraction of sp³-hybridized carbons (Fsp3) is 0.182. The van der Waals surface area contributed by atoms with Crippen LogP contribution >= 0.6 is 0 Å². The number of hydrogen-bond acceptors (Lipinski definition) is 5. The number of benzene rings is 2. The normalized spacial score (nSPS) is 16.1.